The Labute approximate surface area is 197 Å². The number of nitrogens with zero attached hydrogens (tertiary/aromatic N) is 3. The molecule has 5 rings (SSSR count). The molecule has 0 bridgehead atoms. The number of ether oxygens (including phenoxy) is 2. The lowest BCUT2D eigenvalue weighted by Gasteiger charge is -2.28. The molecule has 0 radical (unpaired) electrons. The minimum atomic E-state index is -0.416. The van der Waals surface area contributed by atoms with Crippen molar-refractivity contribution in [1.29, 1.82) is 0 Å². The van der Waals surface area contributed by atoms with Crippen molar-refractivity contribution in [2.75, 3.05) is 6.61 Å². The summed E-state index contributed by atoms with van der Waals surface area (Å²) < 4.78 is 17.0. The fourth-order valence-corrected chi connectivity index (χ4v) is 4.84. The third kappa shape index (κ3) is 3.47. The van der Waals surface area contributed by atoms with Crippen molar-refractivity contribution in [3.05, 3.63) is 86.2 Å². The van der Waals surface area contributed by atoms with E-state index in [0.717, 1.165) is 33.8 Å². The number of aromatic nitrogens is 3. The van der Waals surface area contributed by atoms with Crippen molar-refractivity contribution in [1.82, 2.24) is 13.7 Å². The van der Waals surface area contributed by atoms with E-state index in [2.05, 4.69) is 4.57 Å². The van der Waals surface area contributed by atoms with Gasteiger partial charge in [0.25, 0.3) is 5.56 Å². The Kier molecular flexibility index (Phi) is 5.44. The Balaban J connectivity index is 1.81. The maximum absolute atomic E-state index is 13.4. The maximum atomic E-state index is 13.4. The average Bonchev–Trinajstić information content (AvgIpc) is 3.17. The highest BCUT2D eigenvalue weighted by atomic mass is 16.5. The van der Waals surface area contributed by atoms with Crippen LogP contribution in [-0.2, 0) is 25.4 Å². The van der Waals surface area contributed by atoms with Gasteiger partial charge in [0.05, 0.1) is 35.0 Å². The van der Waals surface area contributed by atoms with Crippen LogP contribution in [-0.4, -0.2) is 26.4 Å². The lowest BCUT2D eigenvalue weighted by Crippen LogP contribution is -2.37. The Hall–Kier alpha value is -3.58. The van der Waals surface area contributed by atoms with Gasteiger partial charge in [0.2, 0.25) is 0 Å². The Morgan fingerprint density at radius 1 is 0.971 bits per heavy atom. The second-order valence-corrected chi connectivity index (χ2v) is 9.17. The van der Waals surface area contributed by atoms with E-state index < -0.39 is 6.10 Å². The van der Waals surface area contributed by atoms with Gasteiger partial charge in [-0.05, 0) is 44.0 Å². The maximum Gasteiger partial charge on any atom is 0.331 e. The van der Waals surface area contributed by atoms with Crippen LogP contribution in [0.4, 0.5) is 0 Å². The molecule has 3 heterocycles. The Morgan fingerprint density at radius 2 is 1.65 bits per heavy atom. The minimum absolute atomic E-state index is 0.0840. The van der Waals surface area contributed by atoms with Gasteiger partial charge in [-0.3, -0.25) is 13.9 Å². The third-order valence-corrected chi connectivity index (χ3v) is 6.43. The highest BCUT2D eigenvalue weighted by molar-refractivity contribution is 5.96. The summed E-state index contributed by atoms with van der Waals surface area (Å²) >= 11 is 0. The van der Waals surface area contributed by atoms with Gasteiger partial charge in [-0.15, -0.1) is 0 Å². The molecule has 34 heavy (non-hydrogen) atoms. The van der Waals surface area contributed by atoms with Crippen molar-refractivity contribution in [3.63, 3.8) is 0 Å². The molecule has 1 aliphatic rings. The summed E-state index contributed by atoms with van der Waals surface area (Å²) in [5, 5.41) is 0.540. The molecule has 2 aromatic carbocycles. The monoisotopic (exact) mass is 459 g/mol. The highest BCUT2D eigenvalue weighted by Crippen LogP contribution is 2.40. The van der Waals surface area contributed by atoms with Crippen LogP contribution in [0.25, 0.3) is 22.2 Å². The quantitative estimate of drug-likeness (QED) is 0.464. The predicted molar refractivity (Wildman–Crippen MR) is 133 cm³/mol. The molecular formula is C27H29N3O4. The molecule has 0 spiro atoms. The van der Waals surface area contributed by atoms with Gasteiger partial charge in [0.1, 0.15) is 11.9 Å². The molecule has 0 amide bonds. The van der Waals surface area contributed by atoms with Crippen LogP contribution in [0.2, 0.25) is 0 Å². The molecule has 7 heteroatoms. The van der Waals surface area contributed by atoms with Crippen LogP contribution >= 0.6 is 0 Å². The first-order valence-electron chi connectivity index (χ1n) is 11.5. The van der Waals surface area contributed by atoms with E-state index in [4.69, 9.17) is 9.47 Å². The number of fused-ring (bicyclic) bond motifs is 3. The molecule has 0 saturated carbocycles. The van der Waals surface area contributed by atoms with Crippen molar-refractivity contribution >= 4 is 10.9 Å². The SMILES string of the molecule is Cc1ccc(-c2c3c(=O)n(C)c(=O)n(C)c3c3n2CCO[C@@H]3c2ccc(OC(C)C)cc2)cc1. The van der Waals surface area contributed by atoms with E-state index in [-0.39, 0.29) is 17.4 Å². The molecule has 1 atom stereocenters. The van der Waals surface area contributed by atoms with Gasteiger partial charge < -0.3 is 14.0 Å². The van der Waals surface area contributed by atoms with Crippen LogP contribution in [0, 0.1) is 6.92 Å². The van der Waals surface area contributed by atoms with E-state index in [1.54, 1.807) is 11.6 Å². The zero-order valence-corrected chi connectivity index (χ0v) is 20.2. The van der Waals surface area contributed by atoms with Crippen molar-refractivity contribution < 1.29 is 9.47 Å². The molecule has 2 aromatic heterocycles. The van der Waals surface area contributed by atoms with Gasteiger partial charge in [-0.25, -0.2) is 4.79 Å². The van der Waals surface area contributed by atoms with Crippen molar-refractivity contribution in [2.45, 2.75) is 39.5 Å². The highest BCUT2D eigenvalue weighted by Gasteiger charge is 2.33. The first-order chi connectivity index (χ1) is 16.3. The van der Waals surface area contributed by atoms with Crippen molar-refractivity contribution in [3.8, 4) is 17.0 Å². The zero-order valence-electron chi connectivity index (χ0n) is 20.2. The fourth-order valence-electron chi connectivity index (χ4n) is 4.84. The molecular weight excluding hydrogens is 430 g/mol. The summed E-state index contributed by atoms with van der Waals surface area (Å²) in [6, 6.07) is 16.0. The molecule has 0 saturated heterocycles. The number of aryl methyl sites for hydroxylation is 2. The summed E-state index contributed by atoms with van der Waals surface area (Å²) in [6.45, 7) is 7.11. The van der Waals surface area contributed by atoms with E-state index >= 15 is 0 Å². The van der Waals surface area contributed by atoms with E-state index in [1.165, 1.54) is 11.6 Å². The van der Waals surface area contributed by atoms with E-state index in [9.17, 15) is 9.59 Å². The molecule has 4 aromatic rings. The lowest BCUT2D eigenvalue weighted by molar-refractivity contribution is 0.0478. The largest absolute Gasteiger partial charge is 0.491 e. The molecule has 0 aliphatic carbocycles. The van der Waals surface area contributed by atoms with E-state index in [1.807, 2.05) is 69.3 Å². The van der Waals surface area contributed by atoms with Crippen LogP contribution in [0.5, 0.6) is 5.75 Å². The zero-order chi connectivity index (χ0) is 24.1. The smallest absolute Gasteiger partial charge is 0.331 e. The lowest BCUT2D eigenvalue weighted by atomic mass is 10.0. The molecule has 0 fully saturated rings. The number of hydrogen-bond acceptors (Lipinski definition) is 4. The molecule has 7 nitrogen and oxygen atoms in total. The summed E-state index contributed by atoms with van der Waals surface area (Å²) in [4.78, 5) is 26.4. The van der Waals surface area contributed by atoms with Gasteiger partial charge in [-0.2, -0.15) is 0 Å². The summed E-state index contributed by atoms with van der Waals surface area (Å²) in [7, 11) is 3.25. The number of rotatable bonds is 4. The second-order valence-electron chi connectivity index (χ2n) is 9.17. The summed E-state index contributed by atoms with van der Waals surface area (Å²) in [6.07, 6.45) is -0.331. The van der Waals surface area contributed by atoms with E-state index in [0.29, 0.717) is 24.1 Å². The minimum Gasteiger partial charge on any atom is -0.491 e. The summed E-state index contributed by atoms with van der Waals surface area (Å²) in [5.41, 5.74) is 4.65. The Morgan fingerprint density at radius 3 is 2.29 bits per heavy atom. The van der Waals surface area contributed by atoms with Gasteiger partial charge in [-0.1, -0.05) is 42.0 Å². The molecule has 176 valence electrons. The van der Waals surface area contributed by atoms with Crippen molar-refractivity contribution in [2.24, 2.45) is 14.1 Å². The normalized spacial score (nSPS) is 15.6. The molecule has 0 N–H and O–H groups in total. The van der Waals surface area contributed by atoms with Gasteiger partial charge in [0.15, 0.2) is 0 Å². The van der Waals surface area contributed by atoms with Gasteiger partial charge in [0, 0.05) is 20.6 Å². The summed E-state index contributed by atoms with van der Waals surface area (Å²) in [5.74, 6) is 0.788. The number of hydrogen-bond donors (Lipinski definition) is 0. The molecule has 1 aliphatic heterocycles. The predicted octanol–water partition coefficient (Wildman–Crippen LogP) is 3.92. The average molecular weight is 460 g/mol. The topological polar surface area (TPSA) is 67.4 Å². The van der Waals surface area contributed by atoms with Gasteiger partial charge >= 0.3 is 5.69 Å². The van der Waals surface area contributed by atoms with Crippen LogP contribution < -0.4 is 16.0 Å². The Bertz CT molecular complexity index is 1490. The second kappa shape index (κ2) is 8.33. The third-order valence-electron chi connectivity index (χ3n) is 6.43. The first-order valence-corrected chi connectivity index (χ1v) is 11.5. The first kappa shape index (κ1) is 22.2. The van der Waals surface area contributed by atoms with Crippen LogP contribution in [0.15, 0.2) is 58.1 Å². The molecule has 0 unspecified atom stereocenters. The van der Waals surface area contributed by atoms with Crippen LogP contribution in [0.3, 0.4) is 0 Å². The fraction of sp³-hybridized carbons (Fsp3) is 0.333. The van der Waals surface area contributed by atoms with Crippen LogP contribution in [0.1, 0.15) is 36.8 Å². The standard InChI is InChI=1S/C27H29N3O4/c1-16(2)34-20-12-10-19(11-13-20)25-24-23-21(26(31)29(5)27(32)28(23)4)22(30(24)14-15-33-25)18-8-6-17(3)7-9-18/h6-13,16,25H,14-15H2,1-5H3/t25-/m1/s1. The number of benzene rings is 2.